The first-order valence-electron chi connectivity index (χ1n) is 12.4. The largest absolute Gasteiger partial charge is 0.469 e. The Morgan fingerprint density at radius 2 is 1.83 bits per heavy atom. The number of hydrogen-bond acceptors (Lipinski definition) is 7. The third-order valence-electron chi connectivity index (χ3n) is 5.63. The normalized spacial score (nSPS) is 16.1. The van der Waals surface area contributed by atoms with Crippen molar-refractivity contribution in [1.82, 2.24) is 0 Å². The number of rotatable bonds is 14. The number of aryl methyl sites for hydroxylation is 1. The highest BCUT2D eigenvalue weighted by atomic mass is 32.2. The number of benzene rings is 1. The lowest BCUT2D eigenvalue weighted by Crippen LogP contribution is -2.08. The molecule has 35 heavy (non-hydrogen) atoms. The van der Waals surface area contributed by atoms with E-state index in [0.29, 0.717) is 19.3 Å². The van der Waals surface area contributed by atoms with E-state index in [0.717, 1.165) is 67.6 Å². The molecule has 7 heteroatoms. The van der Waals surface area contributed by atoms with Crippen LogP contribution in [0.4, 0.5) is 0 Å². The third-order valence-corrected chi connectivity index (χ3v) is 6.96. The molecule has 0 saturated heterocycles. The van der Waals surface area contributed by atoms with Crippen LogP contribution in [0.1, 0.15) is 69.4 Å². The van der Waals surface area contributed by atoms with Crippen molar-refractivity contribution in [3.8, 4) is 0 Å². The van der Waals surface area contributed by atoms with Gasteiger partial charge in [0.2, 0.25) is 0 Å². The number of methoxy groups -OCH3 is 1. The number of hydrogen-bond donors (Lipinski definition) is 2. The molecule has 1 aromatic rings. The second-order valence-corrected chi connectivity index (χ2v) is 9.67. The monoisotopic (exact) mass is 506 g/mol. The number of unbranched alkanes of at least 4 members (excludes halogenated alkanes) is 2. The van der Waals surface area contributed by atoms with Gasteiger partial charge in [-0.05, 0) is 43.9 Å². The Labute approximate surface area is 214 Å². The first kappa shape index (κ1) is 30.9. The van der Waals surface area contributed by atoms with Crippen LogP contribution >= 0.6 is 11.8 Å². The maximum absolute atomic E-state index is 12.1. The maximum Gasteiger partial charge on any atom is 0.310 e. The average molecular weight is 507 g/mol. The van der Waals surface area contributed by atoms with Crippen LogP contribution in [0, 0.1) is 12.8 Å². The lowest BCUT2D eigenvalue weighted by Gasteiger charge is -2.13. The Morgan fingerprint density at radius 3 is 2.49 bits per heavy atom. The van der Waals surface area contributed by atoms with E-state index >= 15 is 0 Å². The average Bonchev–Trinajstić information content (AvgIpc) is 3.23. The smallest absolute Gasteiger partial charge is 0.310 e. The van der Waals surface area contributed by atoms with E-state index < -0.39 is 6.10 Å². The molecule has 0 aromatic heterocycles. The predicted molar refractivity (Wildman–Crippen MR) is 142 cm³/mol. The molecule has 2 N–H and O–H groups in total. The molecule has 196 valence electrons. The fourth-order valence-electron chi connectivity index (χ4n) is 3.74. The molecule has 0 amide bonds. The van der Waals surface area contributed by atoms with E-state index in [1.54, 1.807) is 11.8 Å². The molecule has 2 rings (SSSR count). The number of aliphatic hydroxyl groups is 2. The van der Waals surface area contributed by atoms with Gasteiger partial charge in [-0.2, -0.15) is 0 Å². The van der Waals surface area contributed by atoms with Gasteiger partial charge < -0.3 is 19.7 Å². The predicted octanol–water partition coefficient (Wildman–Crippen LogP) is 5.49. The molecule has 1 aliphatic carbocycles. The minimum Gasteiger partial charge on any atom is -0.469 e. The number of allylic oxidation sites excluding steroid dienone is 3. The Kier molecular flexibility index (Phi) is 16.1. The summed E-state index contributed by atoms with van der Waals surface area (Å²) in [6, 6.07) is 8.22. The first-order chi connectivity index (χ1) is 16.9. The number of carbonyl (C=O) groups excluding carboxylic acids is 2. The summed E-state index contributed by atoms with van der Waals surface area (Å²) in [5.74, 6) is 1.51. The minimum absolute atomic E-state index is 0.155. The zero-order valence-corrected chi connectivity index (χ0v) is 22.4. The minimum atomic E-state index is -0.552. The quantitative estimate of drug-likeness (QED) is 0.196. The van der Waals surface area contributed by atoms with Gasteiger partial charge >= 0.3 is 11.9 Å². The van der Waals surface area contributed by atoms with E-state index in [1.165, 1.54) is 12.7 Å². The third kappa shape index (κ3) is 12.4. The fourth-order valence-corrected chi connectivity index (χ4v) is 5.02. The summed E-state index contributed by atoms with van der Waals surface area (Å²) in [5, 5.41) is 17.5. The van der Waals surface area contributed by atoms with Gasteiger partial charge in [0.25, 0.3) is 0 Å². The SMILES string of the molecule is CCCC(=O)OC1=C(SCCCCCC(=O)OC)C(/C=C/C(O)Cc2ccc(C)cc2)CC1.CO. The summed E-state index contributed by atoms with van der Waals surface area (Å²) in [5.41, 5.74) is 2.31. The molecule has 0 bridgehead atoms. The van der Waals surface area contributed by atoms with Gasteiger partial charge in [-0.25, -0.2) is 0 Å². The van der Waals surface area contributed by atoms with Gasteiger partial charge in [0, 0.05) is 43.6 Å². The molecule has 0 saturated carbocycles. The molecular formula is C28H42O6S. The summed E-state index contributed by atoms with van der Waals surface area (Å²) in [4.78, 5) is 24.4. The highest BCUT2D eigenvalue weighted by molar-refractivity contribution is 8.03. The van der Waals surface area contributed by atoms with Gasteiger partial charge in [-0.3, -0.25) is 9.59 Å². The van der Waals surface area contributed by atoms with Crippen LogP contribution in [0.15, 0.2) is 47.1 Å². The standard InChI is InChI=1S/C27H38O5S.CH4O/c1-4-8-26(30)32-24-17-15-22(27(24)33-18-7-5-6-9-25(29)31-3)14-16-23(28)19-21-12-10-20(2)11-13-21;1-2/h10-14,16,22-23,28H,4-9,15,17-19H2,1-3H3;2H,1H3/b16-14+;. The summed E-state index contributed by atoms with van der Waals surface area (Å²) in [6.07, 6.45) is 9.98. The van der Waals surface area contributed by atoms with E-state index in [-0.39, 0.29) is 17.9 Å². The highest BCUT2D eigenvalue weighted by Crippen LogP contribution is 2.41. The molecule has 2 unspecified atom stereocenters. The molecule has 1 aliphatic rings. The van der Waals surface area contributed by atoms with E-state index in [4.69, 9.17) is 9.84 Å². The highest BCUT2D eigenvalue weighted by Gasteiger charge is 2.27. The number of esters is 2. The molecule has 1 aromatic carbocycles. The van der Waals surface area contributed by atoms with Gasteiger partial charge in [0.05, 0.1) is 13.2 Å². The maximum atomic E-state index is 12.1. The molecule has 0 spiro atoms. The Balaban J connectivity index is 0.00000298. The van der Waals surface area contributed by atoms with E-state index in [1.807, 2.05) is 13.0 Å². The summed E-state index contributed by atoms with van der Waals surface area (Å²) >= 11 is 1.74. The van der Waals surface area contributed by atoms with Crippen LogP contribution in [0.2, 0.25) is 0 Å². The first-order valence-corrected chi connectivity index (χ1v) is 13.4. The van der Waals surface area contributed by atoms with Crippen LogP contribution < -0.4 is 0 Å². The second kappa shape index (κ2) is 18.2. The Morgan fingerprint density at radius 1 is 1.11 bits per heavy atom. The van der Waals surface area contributed by atoms with Crippen molar-refractivity contribution in [2.45, 2.75) is 77.7 Å². The van der Waals surface area contributed by atoms with Crippen molar-refractivity contribution < 1.29 is 29.3 Å². The van der Waals surface area contributed by atoms with Crippen molar-refractivity contribution in [2.24, 2.45) is 5.92 Å². The van der Waals surface area contributed by atoms with Crippen LogP contribution in [-0.4, -0.2) is 48.2 Å². The van der Waals surface area contributed by atoms with E-state index in [9.17, 15) is 14.7 Å². The van der Waals surface area contributed by atoms with Crippen LogP contribution in [0.5, 0.6) is 0 Å². The van der Waals surface area contributed by atoms with Gasteiger partial charge in [-0.1, -0.05) is 55.3 Å². The topological polar surface area (TPSA) is 93.1 Å². The van der Waals surface area contributed by atoms with Crippen LogP contribution in [-0.2, 0) is 25.5 Å². The van der Waals surface area contributed by atoms with Crippen molar-refractivity contribution in [3.05, 3.63) is 58.2 Å². The van der Waals surface area contributed by atoms with Crippen LogP contribution in [0.25, 0.3) is 0 Å². The zero-order valence-electron chi connectivity index (χ0n) is 21.6. The van der Waals surface area contributed by atoms with Gasteiger partial charge in [0.15, 0.2) is 0 Å². The lowest BCUT2D eigenvalue weighted by atomic mass is 10.0. The summed E-state index contributed by atoms with van der Waals surface area (Å²) in [6.45, 7) is 4.02. The number of aliphatic hydroxyl groups excluding tert-OH is 2. The number of ether oxygens (including phenoxy) is 2. The van der Waals surface area contributed by atoms with Crippen molar-refractivity contribution >= 4 is 23.7 Å². The van der Waals surface area contributed by atoms with Crippen molar-refractivity contribution in [3.63, 3.8) is 0 Å². The molecule has 2 atom stereocenters. The summed E-state index contributed by atoms with van der Waals surface area (Å²) < 4.78 is 10.4. The molecule has 0 radical (unpaired) electrons. The zero-order chi connectivity index (χ0) is 26.1. The second-order valence-electron chi connectivity index (χ2n) is 8.53. The molecule has 0 aliphatic heterocycles. The Hall–Kier alpha value is -2.09. The van der Waals surface area contributed by atoms with Gasteiger partial charge in [0.1, 0.15) is 5.76 Å². The molecule has 0 fully saturated rings. The number of thioether (sulfide) groups is 1. The fraction of sp³-hybridized carbons (Fsp3) is 0.571. The molecule has 0 heterocycles. The van der Waals surface area contributed by atoms with E-state index in [2.05, 4.69) is 42.0 Å². The summed E-state index contributed by atoms with van der Waals surface area (Å²) in [7, 11) is 2.41. The van der Waals surface area contributed by atoms with Crippen molar-refractivity contribution in [1.29, 1.82) is 0 Å². The molecule has 6 nitrogen and oxygen atoms in total. The Bertz CT molecular complexity index is 815. The molecular weight excluding hydrogens is 464 g/mol. The van der Waals surface area contributed by atoms with Crippen molar-refractivity contribution in [2.75, 3.05) is 20.0 Å². The van der Waals surface area contributed by atoms with Gasteiger partial charge in [-0.15, -0.1) is 11.8 Å². The van der Waals surface area contributed by atoms with Crippen LogP contribution in [0.3, 0.4) is 0 Å². The number of carbonyl (C=O) groups is 2. The lowest BCUT2D eigenvalue weighted by molar-refractivity contribution is -0.141.